The monoisotopic (exact) mass is 380 g/mol. The first kappa shape index (κ1) is 17.4. The third-order valence-electron chi connectivity index (χ3n) is 6.41. The molecule has 0 spiro atoms. The second kappa shape index (κ2) is 6.69. The van der Waals surface area contributed by atoms with Crippen LogP contribution in [0.4, 0.5) is 0 Å². The molecule has 1 aliphatic carbocycles. The summed E-state index contributed by atoms with van der Waals surface area (Å²) >= 11 is 1.92. The number of thioether (sulfide) groups is 1. The summed E-state index contributed by atoms with van der Waals surface area (Å²) in [5.74, 6) is 0. The highest BCUT2D eigenvalue weighted by Crippen LogP contribution is 2.49. The van der Waals surface area contributed by atoms with Crippen molar-refractivity contribution >= 4 is 16.9 Å². The van der Waals surface area contributed by atoms with Crippen molar-refractivity contribution in [3.8, 4) is 0 Å². The van der Waals surface area contributed by atoms with Crippen LogP contribution in [0.15, 0.2) is 35.5 Å². The lowest BCUT2D eigenvalue weighted by atomic mass is 9.96. The maximum atomic E-state index is 5.14. The van der Waals surface area contributed by atoms with E-state index in [-0.39, 0.29) is 12.1 Å². The van der Waals surface area contributed by atoms with Crippen molar-refractivity contribution in [3.63, 3.8) is 0 Å². The number of aromatic nitrogens is 2. The fourth-order valence-electron chi connectivity index (χ4n) is 5.28. The number of fused-ring (bicyclic) bond motifs is 1. The second-order valence-corrected chi connectivity index (χ2v) is 9.68. The van der Waals surface area contributed by atoms with Gasteiger partial charge in [0.15, 0.2) is 5.17 Å². The molecule has 0 bridgehead atoms. The van der Waals surface area contributed by atoms with E-state index in [1.165, 1.54) is 47.8 Å². The highest BCUT2D eigenvalue weighted by molar-refractivity contribution is 8.14. The van der Waals surface area contributed by atoms with E-state index in [1.54, 1.807) is 0 Å². The van der Waals surface area contributed by atoms with E-state index in [9.17, 15) is 0 Å². The summed E-state index contributed by atoms with van der Waals surface area (Å²) in [7, 11) is 0. The van der Waals surface area contributed by atoms with Gasteiger partial charge in [-0.1, -0.05) is 37.6 Å². The average molecular weight is 381 g/mol. The van der Waals surface area contributed by atoms with Gasteiger partial charge in [-0.25, -0.2) is 0 Å². The fraction of sp³-hybridized carbons (Fsp3) is 0.545. The molecule has 5 rings (SSSR count). The lowest BCUT2D eigenvalue weighted by Crippen LogP contribution is -2.29. The van der Waals surface area contributed by atoms with Crippen molar-refractivity contribution < 1.29 is 0 Å². The highest BCUT2D eigenvalue weighted by atomic mass is 32.2. The number of pyridine rings is 1. The molecule has 142 valence electrons. The van der Waals surface area contributed by atoms with Crippen LogP contribution in [0.1, 0.15) is 73.4 Å². The molecule has 2 aromatic heterocycles. The average Bonchev–Trinajstić information content (AvgIpc) is 3.40. The summed E-state index contributed by atoms with van der Waals surface area (Å²) in [6, 6.07) is 9.69. The molecule has 0 unspecified atom stereocenters. The zero-order chi connectivity index (χ0) is 18.5. The second-order valence-electron chi connectivity index (χ2n) is 8.27. The van der Waals surface area contributed by atoms with Crippen molar-refractivity contribution in [3.05, 3.63) is 53.1 Å². The van der Waals surface area contributed by atoms with Crippen LogP contribution in [0.25, 0.3) is 0 Å². The van der Waals surface area contributed by atoms with E-state index in [0.717, 1.165) is 12.2 Å². The zero-order valence-electron chi connectivity index (χ0n) is 16.4. The van der Waals surface area contributed by atoms with Gasteiger partial charge in [0.25, 0.3) is 0 Å². The predicted octanol–water partition coefficient (Wildman–Crippen LogP) is 5.20. The van der Waals surface area contributed by atoms with E-state index in [0.29, 0.717) is 11.3 Å². The first-order valence-electron chi connectivity index (χ1n) is 10.2. The van der Waals surface area contributed by atoms with E-state index < -0.39 is 0 Å². The van der Waals surface area contributed by atoms with Crippen molar-refractivity contribution in [1.29, 1.82) is 0 Å². The Morgan fingerprint density at radius 2 is 1.96 bits per heavy atom. The van der Waals surface area contributed by atoms with Crippen LogP contribution in [0.5, 0.6) is 0 Å². The zero-order valence-corrected chi connectivity index (χ0v) is 17.2. The summed E-state index contributed by atoms with van der Waals surface area (Å²) in [5, 5.41) is 1.81. The largest absolute Gasteiger partial charge is 0.346 e. The molecule has 0 radical (unpaired) electrons. The van der Waals surface area contributed by atoms with Crippen LogP contribution >= 0.6 is 11.8 Å². The molecular weight excluding hydrogens is 352 g/mol. The van der Waals surface area contributed by atoms with Gasteiger partial charge in [-0.05, 0) is 50.5 Å². The molecule has 1 saturated heterocycles. The Balaban J connectivity index is 1.58. The van der Waals surface area contributed by atoms with Gasteiger partial charge in [-0.15, -0.1) is 0 Å². The first-order chi connectivity index (χ1) is 13.1. The third-order valence-corrected chi connectivity index (χ3v) is 7.52. The Hall–Kier alpha value is -1.75. The minimum Gasteiger partial charge on any atom is -0.346 e. The molecule has 2 aromatic rings. The standard InChI is InChI=1S/C22H28N4S/c1-14-12-18(16(3)26(14)17-8-4-5-9-17)21-20(19-10-6-7-11-23-19)24-22-25(21)13-15(2)27-22/h6-7,10-12,15,17,20-21H,4-5,8-9,13H2,1-3H3/t15-,20+,21-/m0/s1. The molecule has 2 aliphatic heterocycles. The third kappa shape index (κ3) is 2.82. The number of aliphatic imine (C=N–C) groups is 1. The summed E-state index contributed by atoms with van der Waals surface area (Å²) in [6.45, 7) is 7.98. The van der Waals surface area contributed by atoms with Gasteiger partial charge in [0.2, 0.25) is 0 Å². The number of hydrogen-bond acceptors (Lipinski definition) is 4. The first-order valence-corrected chi connectivity index (χ1v) is 11.1. The van der Waals surface area contributed by atoms with Crippen LogP contribution in [0, 0.1) is 13.8 Å². The van der Waals surface area contributed by atoms with E-state index in [4.69, 9.17) is 4.99 Å². The maximum absolute atomic E-state index is 5.14. The highest BCUT2D eigenvalue weighted by Gasteiger charge is 2.44. The SMILES string of the molecule is Cc1cc([C@H]2[C@@H](c3ccccn3)N=C3S[C@@H](C)CN32)c(C)n1C1CCCC1. The van der Waals surface area contributed by atoms with Crippen LogP contribution in [0.2, 0.25) is 0 Å². The molecule has 0 amide bonds. The van der Waals surface area contributed by atoms with Gasteiger partial charge in [0, 0.05) is 35.4 Å². The molecule has 0 N–H and O–H groups in total. The van der Waals surface area contributed by atoms with Gasteiger partial charge in [0.1, 0.15) is 6.04 Å². The number of amidine groups is 1. The molecule has 5 heteroatoms. The Labute approximate surface area is 166 Å². The van der Waals surface area contributed by atoms with Crippen molar-refractivity contribution in [1.82, 2.24) is 14.5 Å². The van der Waals surface area contributed by atoms with Crippen LogP contribution in [0.3, 0.4) is 0 Å². The molecule has 0 aromatic carbocycles. The number of rotatable bonds is 3. The van der Waals surface area contributed by atoms with Gasteiger partial charge >= 0.3 is 0 Å². The minimum atomic E-state index is 0.0960. The molecule has 2 fully saturated rings. The van der Waals surface area contributed by atoms with Crippen molar-refractivity contribution in [2.24, 2.45) is 4.99 Å². The smallest absolute Gasteiger partial charge is 0.160 e. The van der Waals surface area contributed by atoms with E-state index in [1.807, 2.05) is 24.0 Å². The minimum absolute atomic E-state index is 0.0960. The Morgan fingerprint density at radius 1 is 1.15 bits per heavy atom. The lowest BCUT2D eigenvalue weighted by molar-refractivity contribution is 0.319. The lowest BCUT2D eigenvalue weighted by Gasteiger charge is -2.28. The van der Waals surface area contributed by atoms with Crippen molar-refractivity contribution in [2.45, 2.75) is 69.8 Å². The molecule has 3 aliphatic rings. The molecule has 4 heterocycles. The molecule has 27 heavy (non-hydrogen) atoms. The van der Waals surface area contributed by atoms with Crippen LogP contribution in [-0.4, -0.2) is 31.4 Å². The van der Waals surface area contributed by atoms with Crippen LogP contribution < -0.4 is 0 Å². The topological polar surface area (TPSA) is 33.4 Å². The number of hydrogen-bond donors (Lipinski definition) is 0. The van der Waals surface area contributed by atoms with Gasteiger partial charge in [0.05, 0.1) is 11.7 Å². The Kier molecular flexibility index (Phi) is 4.30. The van der Waals surface area contributed by atoms with E-state index in [2.05, 4.69) is 53.4 Å². The molecular formula is C22H28N4S. The Morgan fingerprint density at radius 3 is 2.70 bits per heavy atom. The van der Waals surface area contributed by atoms with Crippen molar-refractivity contribution in [2.75, 3.05) is 6.54 Å². The summed E-state index contributed by atoms with van der Waals surface area (Å²) < 4.78 is 2.61. The summed E-state index contributed by atoms with van der Waals surface area (Å²) in [5.41, 5.74) is 5.38. The predicted molar refractivity (Wildman–Crippen MR) is 112 cm³/mol. The summed E-state index contributed by atoms with van der Waals surface area (Å²) in [6.07, 6.45) is 7.27. The molecule has 4 nitrogen and oxygen atoms in total. The van der Waals surface area contributed by atoms with Crippen LogP contribution in [-0.2, 0) is 0 Å². The maximum Gasteiger partial charge on any atom is 0.160 e. The quantitative estimate of drug-likeness (QED) is 0.733. The Bertz CT molecular complexity index is 866. The van der Waals surface area contributed by atoms with Gasteiger partial charge < -0.3 is 9.47 Å². The van der Waals surface area contributed by atoms with Gasteiger partial charge in [-0.2, -0.15) is 0 Å². The summed E-state index contributed by atoms with van der Waals surface area (Å²) in [4.78, 5) is 12.3. The van der Waals surface area contributed by atoms with Gasteiger partial charge in [-0.3, -0.25) is 9.98 Å². The van der Waals surface area contributed by atoms with E-state index >= 15 is 0 Å². The number of aryl methyl sites for hydroxylation is 1. The molecule has 3 atom stereocenters. The normalized spacial score (nSPS) is 28.0. The number of nitrogens with zero attached hydrogens (tertiary/aromatic N) is 4. The fourth-order valence-corrected chi connectivity index (χ4v) is 6.37. The molecule has 1 saturated carbocycles.